The lowest BCUT2D eigenvalue weighted by molar-refractivity contribution is -0.577. The van der Waals surface area contributed by atoms with E-state index in [1.807, 2.05) is 0 Å². The van der Waals surface area contributed by atoms with E-state index in [2.05, 4.69) is 5.43 Å². The zero-order valence-electron chi connectivity index (χ0n) is 7.31. The molecule has 0 aromatic rings. The molecule has 0 aliphatic carbocycles. The minimum absolute atomic E-state index is 0. The van der Waals surface area contributed by atoms with Crippen molar-refractivity contribution in [2.75, 3.05) is 13.1 Å². The molecule has 0 amide bonds. The van der Waals surface area contributed by atoms with Crippen molar-refractivity contribution >= 4 is 18.2 Å². The second-order valence-corrected chi connectivity index (χ2v) is 2.76. The van der Waals surface area contributed by atoms with Gasteiger partial charge in [-0.1, -0.05) is 0 Å². The first-order valence-corrected chi connectivity index (χ1v) is 3.90. The van der Waals surface area contributed by atoms with Gasteiger partial charge in [-0.2, -0.15) is 5.43 Å². The molecule has 0 bridgehead atoms. The molecule has 0 aromatic heterocycles. The Balaban J connectivity index is 0.00000169. The third-order valence-corrected chi connectivity index (χ3v) is 1.78. The molecule has 1 heterocycles. The highest BCUT2D eigenvalue weighted by Gasteiger charge is 2.32. The van der Waals surface area contributed by atoms with Gasteiger partial charge in [-0.05, 0) is 0 Å². The molecule has 0 aromatic carbocycles. The van der Waals surface area contributed by atoms with Gasteiger partial charge in [0.15, 0.2) is 12.8 Å². The van der Waals surface area contributed by atoms with Crippen molar-refractivity contribution in [1.29, 1.82) is 0 Å². The number of hydrazine groups is 1. The van der Waals surface area contributed by atoms with E-state index in [1.165, 1.54) is 4.68 Å². The molecule has 3 N–H and O–H groups in total. The minimum Gasteiger partial charge on any atom is -1.00 e. The van der Waals surface area contributed by atoms with Crippen molar-refractivity contribution in [2.45, 2.75) is 6.42 Å². The van der Waals surface area contributed by atoms with Crippen LogP contribution in [0.1, 0.15) is 6.42 Å². The van der Waals surface area contributed by atoms with Gasteiger partial charge in [0.2, 0.25) is 5.92 Å². The van der Waals surface area contributed by atoms with Crippen molar-refractivity contribution in [2.24, 2.45) is 5.92 Å². The summed E-state index contributed by atoms with van der Waals surface area (Å²) in [7, 11) is 0. The lowest BCUT2D eigenvalue weighted by atomic mass is 10.1. The lowest BCUT2D eigenvalue weighted by Crippen LogP contribution is -3.00. The molecule has 0 atom stereocenters. The number of hydrogen-bond acceptors (Lipinski definition) is 3. The van der Waals surface area contributed by atoms with E-state index in [0.29, 0.717) is 0 Å². The van der Waals surface area contributed by atoms with E-state index >= 15 is 0 Å². The number of carboxylic acids is 2. The van der Waals surface area contributed by atoms with Gasteiger partial charge in [-0.15, -0.1) is 4.68 Å². The number of hydrogen-bond donors (Lipinski definition) is 3. The largest absolute Gasteiger partial charge is 1.00 e. The van der Waals surface area contributed by atoms with Crippen LogP contribution in [0.25, 0.3) is 0 Å². The molecule has 6 nitrogen and oxygen atoms in total. The molecule has 0 unspecified atom stereocenters. The van der Waals surface area contributed by atoms with Crippen LogP contribution < -0.4 is 17.8 Å². The Morgan fingerprint density at radius 3 is 2.36 bits per heavy atom. The molecule has 0 fully saturated rings. The molecule has 7 heteroatoms. The summed E-state index contributed by atoms with van der Waals surface area (Å²) in [6, 6.07) is 0. The van der Waals surface area contributed by atoms with Gasteiger partial charge >= 0.3 is 11.9 Å². The first-order valence-electron chi connectivity index (χ1n) is 3.90. The number of hydrazone groups is 1. The van der Waals surface area contributed by atoms with Crippen molar-refractivity contribution in [3.8, 4) is 0 Å². The first kappa shape index (κ1) is 12.7. The second-order valence-electron chi connectivity index (χ2n) is 2.76. The van der Waals surface area contributed by atoms with Crippen LogP contribution in [-0.2, 0) is 9.59 Å². The van der Waals surface area contributed by atoms with Crippen LogP contribution in [0, 0.1) is 5.92 Å². The summed E-state index contributed by atoms with van der Waals surface area (Å²) < 4.78 is 1.51. The summed E-state index contributed by atoms with van der Waals surface area (Å²) in [5.41, 5.74) is 2.85. The van der Waals surface area contributed by atoms with Gasteiger partial charge in [-0.3, -0.25) is 9.59 Å². The molecular formula is C7H11ClN2O4. The number of nitrogens with one attached hydrogen (secondary N) is 1. The predicted molar refractivity (Wildman–Crippen MR) is 42.6 cm³/mol. The number of carbonyl (C=O) groups is 2. The minimum atomic E-state index is -1.37. The highest BCUT2D eigenvalue weighted by atomic mass is 35.5. The van der Waals surface area contributed by atoms with Crippen molar-refractivity contribution in [3.05, 3.63) is 0 Å². The van der Waals surface area contributed by atoms with Crippen LogP contribution in [-0.4, -0.2) is 46.1 Å². The molecule has 80 valence electrons. The molecule has 1 rings (SSSR count). The van der Waals surface area contributed by atoms with Gasteiger partial charge in [0.1, 0.15) is 0 Å². The van der Waals surface area contributed by atoms with Crippen molar-refractivity contribution in [1.82, 2.24) is 5.43 Å². The topological polar surface area (TPSA) is 89.6 Å². The molecule has 14 heavy (non-hydrogen) atoms. The molecule has 1 aliphatic heterocycles. The van der Waals surface area contributed by atoms with E-state index in [-0.39, 0.29) is 19.0 Å². The van der Waals surface area contributed by atoms with Gasteiger partial charge in [0.05, 0.1) is 13.0 Å². The maximum atomic E-state index is 10.5. The first-order chi connectivity index (χ1) is 6.11. The van der Waals surface area contributed by atoms with Gasteiger partial charge in [0.25, 0.3) is 0 Å². The molecule has 0 saturated heterocycles. The van der Waals surface area contributed by atoms with E-state index in [1.54, 1.807) is 6.21 Å². The van der Waals surface area contributed by atoms with E-state index < -0.39 is 17.9 Å². The Morgan fingerprint density at radius 1 is 1.43 bits per heavy atom. The third-order valence-electron chi connectivity index (χ3n) is 1.78. The number of nitrogens with zero attached hydrogens (tertiary/aromatic N) is 1. The monoisotopic (exact) mass is 222 g/mol. The molecular weight excluding hydrogens is 212 g/mol. The van der Waals surface area contributed by atoms with E-state index in [9.17, 15) is 9.59 Å². The summed E-state index contributed by atoms with van der Waals surface area (Å²) in [6.07, 6.45) is 2.55. The number of halogens is 1. The SMILES string of the molecule is O=C(O)C(C[N+]1=CCCN1)C(=O)O.[Cl-]. The van der Waals surface area contributed by atoms with Crippen LogP contribution in [0.3, 0.4) is 0 Å². The zero-order valence-corrected chi connectivity index (χ0v) is 8.07. The molecule has 0 radical (unpaired) electrons. The summed E-state index contributed by atoms with van der Waals surface area (Å²) in [5, 5.41) is 17.1. The lowest BCUT2D eigenvalue weighted by Gasteiger charge is -2.03. The molecule has 1 aliphatic rings. The Labute approximate surface area is 86.6 Å². The number of rotatable bonds is 4. The normalized spacial score (nSPS) is 14.2. The molecule has 0 spiro atoms. The maximum Gasteiger partial charge on any atom is 0.324 e. The maximum absolute atomic E-state index is 10.5. The predicted octanol–water partition coefficient (Wildman–Crippen LogP) is -4.23. The van der Waals surface area contributed by atoms with Crippen LogP contribution in [0.15, 0.2) is 0 Å². The average molecular weight is 223 g/mol. The summed E-state index contributed by atoms with van der Waals surface area (Å²) >= 11 is 0. The molecule has 0 saturated carbocycles. The Bertz CT molecular complexity index is 252. The fraction of sp³-hybridized carbons (Fsp3) is 0.571. The Kier molecular flexibility index (Phi) is 4.93. The average Bonchev–Trinajstić information content (AvgIpc) is 2.50. The van der Waals surface area contributed by atoms with Gasteiger partial charge in [0, 0.05) is 0 Å². The van der Waals surface area contributed by atoms with Crippen LogP contribution in [0.2, 0.25) is 0 Å². The quantitative estimate of drug-likeness (QED) is 0.331. The standard InChI is InChI=1S/C7H10N2O4.ClH/c10-6(11)5(7(12)13)4-9-3-1-2-8-9;/h3,5,8H,1-2,4H2,(H-,10,11,12,13);1H. The van der Waals surface area contributed by atoms with Crippen molar-refractivity contribution in [3.63, 3.8) is 0 Å². The summed E-state index contributed by atoms with van der Waals surface area (Å²) in [5.74, 6) is -3.99. The van der Waals surface area contributed by atoms with Crippen LogP contribution >= 0.6 is 0 Å². The smallest absolute Gasteiger partial charge is 0.324 e. The highest BCUT2D eigenvalue weighted by molar-refractivity contribution is 5.93. The highest BCUT2D eigenvalue weighted by Crippen LogP contribution is 1.98. The van der Waals surface area contributed by atoms with Crippen LogP contribution in [0.5, 0.6) is 0 Å². The van der Waals surface area contributed by atoms with Crippen molar-refractivity contribution < 1.29 is 36.9 Å². The summed E-state index contributed by atoms with van der Waals surface area (Å²) in [6.45, 7) is 0.691. The Hall–Kier alpha value is -1.30. The fourth-order valence-electron chi connectivity index (χ4n) is 1.09. The third kappa shape index (κ3) is 3.21. The zero-order chi connectivity index (χ0) is 9.84. The fourth-order valence-corrected chi connectivity index (χ4v) is 1.09. The second kappa shape index (κ2) is 5.43. The van der Waals surface area contributed by atoms with E-state index in [4.69, 9.17) is 10.2 Å². The van der Waals surface area contributed by atoms with Gasteiger partial charge < -0.3 is 22.6 Å². The van der Waals surface area contributed by atoms with Gasteiger partial charge in [-0.25, -0.2) is 0 Å². The Morgan fingerprint density at radius 2 is 2.00 bits per heavy atom. The summed E-state index contributed by atoms with van der Waals surface area (Å²) in [4.78, 5) is 21.0. The van der Waals surface area contributed by atoms with Crippen LogP contribution in [0.4, 0.5) is 0 Å². The number of carboxylic acid groups (broad SMARTS) is 2. The van der Waals surface area contributed by atoms with E-state index in [0.717, 1.165) is 13.0 Å². The number of aliphatic carboxylic acids is 2.